The van der Waals surface area contributed by atoms with Gasteiger partial charge in [0.15, 0.2) is 9.84 Å². The molecule has 0 amide bonds. The molecule has 1 heterocycles. The zero-order chi connectivity index (χ0) is 9.19. The highest BCUT2D eigenvalue weighted by atomic mass is 32.2. The molecule has 0 aliphatic rings. The minimum absolute atomic E-state index is 0.00231. The van der Waals surface area contributed by atoms with Crippen LogP contribution in [0.4, 0.5) is 0 Å². The summed E-state index contributed by atoms with van der Waals surface area (Å²) >= 11 is 0. The molecule has 0 spiro atoms. The van der Waals surface area contributed by atoms with Gasteiger partial charge >= 0.3 is 0 Å². The second kappa shape index (κ2) is 3.31. The van der Waals surface area contributed by atoms with E-state index in [0.29, 0.717) is 5.76 Å². The van der Waals surface area contributed by atoms with Crippen molar-refractivity contribution in [3.63, 3.8) is 0 Å². The van der Waals surface area contributed by atoms with Crippen molar-refractivity contribution in [1.82, 2.24) is 0 Å². The van der Waals surface area contributed by atoms with Gasteiger partial charge in [-0.25, -0.2) is 8.42 Å². The minimum atomic E-state index is -3.01. The Morgan fingerprint density at radius 2 is 2.17 bits per heavy atom. The molecule has 3 nitrogen and oxygen atoms in total. The summed E-state index contributed by atoms with van der Waals surface area (Å²) in [7, 11) is -3.01. The smallest absolute Gasteiger partial charge is 0.159 e. The molecule has 0 N–H and O–H groups in total. The van der Waals surface area contributed by atoms with E-state index < -0.39 is 9.84 Å². The molecule has 1 aromatic heterocycles. The molecule has 0 unspecified atom stereocenters. The van der Waals surface area contributed by atoms with E-state index >= 15 is 0 Å². The van der Waals surface area contributed by atoms with Crippen molar-refractivity contribution in [3.05, 3.63) is 24.2 Å². The Kier molecular flexibility index (Phi) is 2.57. The average molecular weight is 188 g/mol. The van der Waals surface area contributed by atoms with E-state index in [9.17, 15) is 8.42 Å². The summed E-state index contributed by atoms with van der Waals surface area (Å²) in [4.78, 5) is 0. The summed E-state index contributed by atoms with van der Waals surface area (Å²) in [5.74, 6) is 0.501. The highest BCUT2D eigenvalue weighted by Gasteiger charge is 2.17. The largest absolute Gasteiger partial charge is 0.468 e. The number of sulfone groups is 1. The molecule has 0 aromatic carbocycles. The zero-order valence-corrected chi connectivity index (χ0v) is 7.97. The quantitative estimate of drug-likeness (QED) is 0.723. The van der Waals surface area contributed by atoms with Gasteiger partial charge < -0.3 is 4.42 Å². The standard InChI is InChI=1S/C8H12O3S/c1-7(2)12(9,10)6-8-4-3-5-11-8/h3-5,7H,6H2,1-2H3. The maximum atomic E-state index is 11.3. The predicted octanol–water partition coefficient (Wildman–Crippen LogP) is 1.60. The molecular formula is C8H12O3S. The third-order valence-electron chi connectivity index (χ3n) is 1.64. The maximum Gasteiger partial charge on any atom is 0.159 e. The van der Waals surface area contributed by atoms with Crippen LogP contribution in [-0.2, 0) is 15.6 Å². The van der Waals surface area contributed by atoms with Crippen molar-refractivity contribution in [2.75, 3.05) is 0 Å². The van der Waals surface area contributed by atoms with E-state index in [1.807, 2.05) is 0 Å². The molecule has 1 rings (SSSR count). The van der Waals surface area contributed by atoms with E-state index in [0.717, 1.165) is 0 Å². The molecule has 0 aliphatic heterocycles. The zero-order valence-electron chi connectivity index (χ0n) is 7.15. The Bertz CT molecular complexity index is 321. The molecule has 0 bridgehead atoms. The molecule has 0 atom stereocenters. The Morgan fingerprint density at radius 1 is 1.50 bits per heavy atom. The number of hydrogen-bond acceptors (Lipinski definition) is 3. The average Bonchev–Trinajstić information content (AvgIpc) is 2.38. The predicted molar refractivity (Wildman–Crippen MR) is 46.5 cm³/mol. The number of hydrogen-bond donors (Lipinski definition) is 0. The molecule has 0 fully saturated rings. The molecule has 68 valence electrons. The van der Waals surface area contributed by atoms with Gasteiger partial charge in [0.25, 0.3) is 0 Å². The van der Waals surface area contributed by atoms with Crippen LogP contribution in [0.3, 0.4) is 0 Å². The Morgan fingerprint density at radius 3 is 2.58 bits per heavy atom. The van der Waals surface area contributed by atoms with Gasteiger partial charge in [-0.1, -0.05) is 0 Å². The monoisotopic (exact) mass is 188 g/mol. The normalized spacial score (nSPS) is 12.2. The second-order valence-corrected chi connectivity index (χ2v) is 5.49. The molecular weight excluding hydrogens is 176 g/mol. The second-order valence-electron chi connectivity index (χ2n) is 2.94. The molecule has 12 heavy (non-hydrogen) atoms. The first-order chi connectivity index (χ1) is 5.52. The lowest BCUT2D eigenvalue weighted by atomic mass is 10.5. The van der Waals surface area contributed by atoms with Gasteiger partial charge in [-0.05, 0) is 26.0 Å². The Hall–Kier alpha value is -0.770. The van der Waals surface area contributed by atoms with Crippen LogP contribution in [0.15, 0.2) is 22.8 Å². The van der Waals surface area contributed by atoms with E-state index in [-0.39, 0.29) is 11.0 Å². The van der Waals surface area contributed by atoms with Crippen molar-refractivity contribution < 1.29 is 12.8 Å². The van der Waals surface area contributed by atoms with Crippen LogP contribution in [0, 0.1) is 0 Å². The lowest BCUT2D eigenvalue weighted by Gasteiger charge is -2.04. The molecule has 4 heteroatoms. The summed E-state index contributed by atoms with van der Waals surface area (Å²) in [6.07, 6.45) is 1.48. The topological polar surface area (TPSA) is 47.3 Å². The van der Waals surface area contributed by atoms with Crippen molar-refractivity contribution in [3.8, 4) is 0 Å². The fourth-order valence-electron chi connectivity index (χ4n) is 0.760. The first-order valence-electron chi connectivity index (χ1n) is 3.76. The summed E-state index contributed by atoms with van der Waals surface area (Å²) in [6.45, 7) is 3.33. The van der Waals surface area contributed by atoms with E-state index in [2.05, 4.69) is 0 Å². The van der Waals surface area contributed by atoms with Gasteiger partial charge in [-0.3, -0.25) is 0 Å². The number of furan rings is 1. The highest BCUT2D eigenvalue weighted by Crippen LogP contribution is 2.10. The highest BCUT2D eigenvalue weighted by molar-refractivity contribution is 7.91. The molecule has 0 saturated carbocycles. The van der Waals surface area contributed by atoms with Crippen LogP contribution in [0.25, 0.3) is 0 Å². The minimum Gasteiger partial charge on any atom is -0.468 e. The fourth-order valence-corrected chi connectivity index (χ4v) is 1.65. The molecule has 0 aliphatic carbocycles. The van der Waals surface area contributed by atoms with Crippen LogP contribution in [0.2, 0.25) is 0 Å². The Labute approximate surface area is 72.3 Å². The third-order valence-corrected chi connectivity index (χ3v) is 3.77. The summed E-state index contributed by atoms with van der Waals surface area (Å²) in [5, 5.41) is -0.345. The Balaban J connectivity index is 2.77. The first kappa shape index (κ1) is 9.32. The van der Waals surface area contributed by atoms with Gasteiger partial charge in [-0.2, -0.15) is 0 Å². The van der Waals surface area contributed by atoms with Crippen molar-refractivity contribution in [1.29, 1.82) is 0 Å². The van der Waals surface area contributed by atoms with Gasteiger partial charge in [0.05, 0.1) is 11.5 Å². The van der Waals surface area contributed by atoms with Gasteiger partial charge in [0, 0.05) is 0 Å². The lowest BCUT2D eigenvalue weighted by molar-refractivity contribution is 0.519. The van der Waals surface area contributed by atoms with E-state index in [4.69, 9.17) is 4.42 Å². The summed E-state index contributed by atoms with van der Waals surface area (Å²) < 4.78 is 27.6. The fraction of sp³-hybridized carbons (Fsp3) is 0.500. The summed E-state index contributed by atoms with van der Waals surface area (Å²) in [6, 6.07) is 3.35. The van der Waals surface area contributed by atoms with Crippen LogP contribution >= 0.6 is 0 Å². The lowest BCUT2D eigenvalue weighted by Crippen LogP contribution is -2.15. The third kappa shape index (κ3) is 2.11. The van der Waals surface area contributed by atoms with Crippen molar-refractivity contribution >= 4 is 9.84 Å². The number of rotatable bonds is 3. The molecule has 0 radical (unpaired) electrons. The summed E-state index contributed by atoms with van der Waals surface area (Å²) in [5.41, 5.74) is 0. The van der Waals surface area contributed by atoms with Gasteiger partial charge in [0.2, 0.25) is 0 Å². The van der Waals surface area contributed by atoms with Crippen LogP contribution in [-0.4, -0.2) is 13.7 Å². The van der Waals surface area contributed by atoms with Crippen LogP contribution < -0.4 is 0 Å². The van der Waals surface area contributed by atoms with Crippen molar-refractivity contribution in [2.24, 2.45) is 0 Å². The molecule has 1 aromatic rings. The van der Waals surface area contributed by atoms with Crippen molar-refractivity contribution in [2.45, 2.75) is 24.9 Å². The van der Waals surface area contributed by atoms with E-state index in [1.54, 1.807) is 26.0 Å². The van der Waals surface area contributed by atoms with Crippen LogP contribution in [0.5, 0.6) is 0 Å². The maximum absolute atomic E-state index is 11.3. The van der Waals surface area contributed by atoms with Crippen LogP contribution in [0.1, 0.15) is 19.6 Å². The first-order valence-corrected chi connectivity index (χ1v) is 5.48. The van der Waals surface area contributed by atoms with E-state index in [1.165, 1.54) is 6.26 Å². The SMILES string of the molecule is CC(C)S(=O)(=O)Cc1ccco1. The van der Waals surface area contributed by atoms with Gasteiger partial charge in [0.1, 0.15) is 11.5 Å². The van der Waals surface area contributed by atoms with Gasteiger partial charge in [-0.15, -0.1) is 0 Å². The molecule has 0 saturated heterocycles.